The number of aromatic nitrogens is 4. The lowest BCUT2D eigenvalue weighted by Gasteiger charge is -2.20. The second kappa shape index (κ2) is 7.06. The van der Waals surface area contributed by atoms with Crippen molar-refractivity contribution in [2.24, 2.45) is 7.05 Å². The number of rotatable bonds is 7. The number of carbonyl (C=O) groups is 1. The molecule has 2 heterocycles. The predicted octanol–water partition coefficient (Wildman–Crippen LogP) is 1.62. The minimum absolute atomic E-state index is 0.164. The van der Waals surface area contributed by atoms with E-state index in [1.165, 1.54) is 0 Å². The molecule has 1 amide bonds. The SMILES string of the molecule is CCc1nccn1CCC(=O)N(CC)Cc1cnn(C)c1. The summed E-state index contributed by atoms with van der Waals surface area (Å²) in [7, 11) is 1.88. The van der Waals surface area contributed by atoms with Crippen molar-refractivity contribution in [1.82, 2.24) is 24.2 Å². The first kappa shape index (κ1) is 15.3. The van der Waals surface area contributed by atoms with E-state index in [9.17, 15) is 4.79 Å². The Morgan fingerprint density at radius 3 is 2.81 bits per heavy atom. The lowest BCUT2D eigenvalue weighted by atomic mass is 10.3. The Balaban J connectivity index is 1.91. The van der Waals surface area contributed by atoms with Crippen LogP contribution in [-0.2, 0) is 31.4 Å². The van der Waals surface area contributed by atoms with Gasteiger partial charge in [0, 0.05) is 63.7 Å². The van der Waals surface area contributed by atoms with Crippen LogP contribution in [0.3, 0.4) is 0 Å². The number of hydrogen-bond donors (Lipinski definition) is 0. The summed E-state index contributed by atoms with van der Waals surface area (Å²) in [5.41, 5.74) is 1.06. The molecule has 0 N–H and O–H groups in total. The van der Waals surface area contributed by atoms with Crippen molar-refractivity contribution >= 4 is 5.91 Å². The smallest absolute Gasteiger partial charge is 0.224 e. The van der Waals surface area contributed by atoms with Crippen LogP contribution in [0, 0.1) is 0 Å². The second-order valence-electron chi connectivity index (χ2n) is 5.07. The molecular weight excluding hydrogens is 266 g/mol. The molecule has 0 bridgehead atoms. The summed E-state index contributed by atoms with van der Waals surface area (Å²) in [5.74, 6) is 1.19. The number of imidazole rings is 1. The zero-order chi connectivity index (χ0) is 15.2. The molecule has 0 spiro atoms. The molecule has 2 aromatic heterocycles. The molecule has 114 valence electrons. The summed E-state index contributed by atoms with van der Waals surface area (Å²) in [4.78, 5) is 18.5. The Morgan fingerprint density at radius 2 is 2.19 bits per heavy atom. The normalized spacial score (nSPS) is 10.8. The van der Waals surface area contributed by atoms with Crippen molar-refractivity contribution in [2.45, 2.75) is 39.8 Å². The number of nitrogens with zero attached hydrogens (tertiary/aromatic N) is 5. The topological polar surface area (TPSA) is 56.0 Å². The third-order valence-electron chi connectivity index (χ3n) is 3.55. The van der Waals surface area contributed by atoms with E-state index in [2.05, 4.69) is 21.6 Å². The van der Waals surface area contributed by atoms with Gasteiger partial charge in [-0.1, -0.05) is 6.92 Å². The van der Waals surface area contributed by atoms with Crippen LogP contribution < -0.4 is 0 Å². The lowest BCUT2D eigenvalue weighted by molar-refractivity contribution is -0.131. The van der Waals surface area contributed by atoms with Crippen LogP contribution in [0.5, 0.6) is 0 Å². The first-order valence-corrected chi connectivity index (χ1v) is 7.39. The standard InChI is InChI=1S/C15H23N5O/c1-4-14-16-7-9-20(14)8-6-15(21)19(5-2)12-13-10-17-18(3)11-13/h7,9-11H,4-6,8,12H2,1-3H3. The van der Waals surface area contributed by atoms with Crippen LogP contribution in [0.1, 0.15) is 31.7 Å². The molecule has 0 saturated carbocycles. The highest BCUT2D eigenvalue weighted by Gasteiger charge is 2.13. The molecular formula is C15H23N5O. The van der Waals surface area contributed by atoms with E-state index in [0.717, 1.165) is 17.8 Å². The molecule has 2 rings (SSSR count). The number of hydrogen-bond acceptors (Lipinski definition) is 3. The van der Waals surface area contributed by atoms with Crippen LogP contribution >= 0.6 is 0 Å². The Hall–Kier alpha value is -2.11. The summed E-state index contributed by atoms with van der Waals surface area (Å²) >= 11 is 0. The fraction of sp³-hybridized carbons (Fsp3) is 0.533. The number of amides is 1. The Labute approximate surface area is 125 Å². The maximum absolute atomic E-state index is 12.3. The van der Waals surface area contributed by atoms with E-state index in [0.29, 0.717) is 26.1 Å². The molecule has 0 aromatic carbocycles. The Bertz CT molecular complexity index is 586. The lowest BCUT2D eigenvalue weighted by Crippen LogP contribution is -2.30. The average molecular weight is 289 g/mol. The van der Waals surface area contributed by atoms with Gasteiger partial charge < -0.3 is 9.47 Å². The summed E-state index contributed by atoms with van der Waals surface area (Å²) in [5, 5.41) is 4.14. The van der Waals surface area contributed by atoms with Gasteiger partial charge >= 0.3 is 0 Å². The molecule has 21 heavy (non-hydrogen) atoms. The molecule has 6 nitrogen and oxygen atoms in total. The molecule has 6 heteroatoms. The van der Waals surface area contributed by atoms with Gasteiger partial charge in [-0.25, -0.2) is 4.98 Å². The zero-order valence-corrected chi connectivity index (χ0v) is 13.0. The van der Waals surface area contributed by atoms with Gasteiger partial charge in [-0.3, -0.25) is 9.48 Å². The minimum Gasteiger partial charge on any atom is -0.338 e. The highest BCUT2D eigenvalue weighted by atomic mass is 16.2. The van der Waals surface area contributed by atoms with Crippen LogP contribution in [0.25, 0.3) is 0 Å². The first-order valence-electron chi connectivity index (χ1n) is 7.39. The first-order chi connectivity index (χ1) is 10.1. The van der Waals surface area contributed by atoms with Crippen molar-refractivity contribution in [1.29, 1.82) is 0 Å². The van der Waals surface area contributed by atoms with Crippen molar-refractivity contribution in [2.75, 3.05) is 6.54 Å². The molecule has 0 radical (unpaired) electrons. The molecule has 0 saturated heterocycles. The molecule has 2 aromatic rings. The van der Waals surface area contributed by atoms with Gasteiger partial charge in [-0.2, -0.15) is 5.10 Å². The summed E-state index contributed by atoms with van der Waals surface area (Å²) in [6, 6.07) is 0. The maximum atomic E-state index is 12.3. The second-order valence-corrected chi connectivity index (χ2v) is 5.07. The fourth-order valence-electron chi connectivity index (χ4n) is 2.38. The van der Waals surface area contributed by atoms with Crippen LogP contribution in [0.2, 0.25) is 0 Å². The van der Waals surface area contributed by atoms with Crippen molar-refractivity contribution in [3.63, 3.8) is 0 Å². The van der Waals surface area contributed by atoms with Gasteiger partial charge in [0.15, 0.2) is 0 Å². The van der Waals surface area contributed by atoms with E-state index >= 15 is 0 Å². The largest absolute Gasteiger partial charge is 0.338 e. The van der Waals surface area contributed by atoms with Gasteiger partial charge in [0.25, 0.3) is 0 Å². The zero-order valence-electron chi connectivity index (χ0n) is 13.0. The Morgan fingerprint density at radius 1 is 1.38 bits per heavy atom. The number of aryl methyl sites for hydroxylation is 3. The van der Waals surface area contributed by atoms with Gasteiger partial charge in [-0.05, 0) is 6.92 Å². The summed E-state index contributed by atoms with van der Waals surface area (Å²) < 4.78 is 3.81. The van der Waals surface area contributed by atoms with E-state index < -0.39 is 0 Å². The average Bonchev–Trinajstić information content (AvgIpc) is 3.10. The van der Waals surface area contributed by atoms with Crippen LogP contribution in [0.15, 0.2) is 24.8 Å². The van der Waals surface area contributed by atoms with Gasteiger partial charge in [0.2, 0.25) is 5.91 Å². The van der Waals surface area contributed by atoms with E-state index in [1.54, 1.807) is 17.1 Å². The monoisotopic (exact) mass is 289 g/mol. The minimum atomic E-state index is 0.164. The number of carbonyl (C=O) groups excluding carboxylic acids is 1. The molecule has 0 aliphatic rings. The fourth-order valence-corrected chi connectivity index (χ4v) is 2.38. The third-order valence-corrected chi connectivity index (χ3v) is 3.55. The summed E-state index contributed by atoms with van der Waals surface area (Å²) in [6.07, 6.45) is 8.86. The van der Waals surface area contributed by atoms with E-state index in [1.807, 2.05) is 31.3 Å². The third kappa shape index (κ3) is 3.93. The Kier molecular flexibility index (Phi) is 5.14. The van der Waals surface area contributed by atoms with Crippen molar-refractivity contribution in [3.05, 3.63) is 36.2 Å². The van der Waals surface area contributed by atoms with Crippen molar-refractivity contribution < 1.29 is 4.79 Å². The van der Waals surface area contributed by atoms with E-state index in [-0.39, 0.29) is 5.91 Å². The summed E-state index contributed by atoms with van der Waals surface area (Å²) in [6.45, 7) is 6.09. The molecule has 0 aliphatic heterocycles. The van der Waals surface area contributed by atoms with Gasteiger partial charge in [-0.15, -0.1) is 0 Å². The highest BCUT2D eigenvalue weighted by Crippen LogP contribution is 2.07. The molecule has 0 atom stereocenters. The molecule has 0 unspecified atom stereocenters. The quantitative estimate of drug-likeness (QED) is 0.778. The van der Waals surface area contributed by atoms with Gasteiger partial charge in [0.1, 0.15) is 5.82 Å². The van der Waals surface area contributed by atoms with Crippen LogP contribution in [-0.4, -0.2) is 36.7 Å². The van der Waals surface area contributed by atoms with E-state index in [4.69, 9.17) is 0 Å². The van der Waals surface area contributed by atoms with Crippen LogP contribution in [0.4, 0.5) is 0 Å². The molecule has 0 fully saturated rings. The molecule has 0 aliphatic carbocycles. The maximum Gasteiger partial charge on any atom is 0.224 e. The van der Waals surface area contributed by atoms with Gasteiger partial charge in [0.05, 0.1) is 6.20 Å². The van der Waals surface area contributed by atoms with Crippen molar-refractivity contribution in [3.8, 4) is 0 Å². The predicted molar refractivity (Wildman–Crippen MR) is 80.5 cm³/mol. The highest BCUT2D eigenvalue weighted by molar-refractivity contribution is 5.76.